The van der Waals surface area contributed by atoms with E-state index in [9.17, 15) is 4.79 Å². The topological polar surface area (TPSA) is 35.5 Å². The summed E-state index contributed by atoms with van der Waals surface area (Å²) in [5.41, 5.74) is 2.52. The second-order valence-electron chi connectivity index (χ2n) is 12.2. The van der Waals surface area contributed by atoms with Crippen molar-refractivity contribution in [3.63, 3.8) is 0 Å². The smallest absolute Gasteiger partial charge is 0.157 e. The number of allylic oxidation sites excluding steroid dienone is 3. The molecule has 8 atom stereocenters. The van der Waals surface area contributed by atoms with Gasteiger partial charge in [-0.3, -0.25) is 4.79 Å². The average molecular weight is 425 g/mol. The van der Waals surface area contributed by atoms with Gasteiger partial charge in [0.1, 0.15) is 0 Å². The molecule has 4 fully saturated rings. The molecule has 1 saturated heterocycles. The molecule has 0 radical (unpaired) electrons. The Hall–Kier alpha value is -0.930. The number of ketones is 1. The highest BCUT2D eigenvalue weighted by Gasteiger charge is 2.64. The monoisotopic (exact) mass is 424 g/mol. The van der Waals surface area contributed by atoms with E-state index in [-0.39, 0.29) is 11.7 Å². The Labute approximate surface area is 188 Å². The molecule has 1 spiro atoms. The van der Waals surface area contributed by atoms with Crippen LogP contribution in [0.4, 0.5) is 0 Å². The largest absolute Gasteiger partial charge is 0.353 e. The average Bonchev–Trinajstić information content (AvgIpc) is 3.29. The van der Waals surface area contributed by atoms with Gasteiger partial charge in [-0.25, -0.2) is 0 Å². The van der Waals surface area contributed by atoms with Crippen LogP contribution in [0.1, 0.15) is 90.9 Å². The summed E-state index contributed by atoms with van der Waals surface area (Å²) in [6, 6.07) is 0. The molecule has 0 aromatic carbocycles. The van der Waals surface area contributed by atoms with E-state index in [1.54, 1.807) is 5.57 Å². The first-order valence-electron chi connectivity index (χ1n) is 13.1. The normalized spacial score (nSPS) is 51.4. The van der Waals surface area contributed by atoms with Gasteiger partial charge in [0.2, 0.25) is 0 Å². The molecular weight excluding hydrogens is 384 g/mol. The van der Waals surface area contributed by atoms with E-state index in [2.05, 4.69) is 26.0 Å². The van der Waals surface area contributed by atoms with Crippen molar-refractivity contribution in [3.8, 4) is 0 Å². The molecule has 170 valence electrons. The molecule has 3 saturated carbocycles. The van der Waals surface area contributed by atoms with Gasteiger partial charge in [-0.05, 0) is 105 Å². The van der Waals surface area contributed by atoms with E-state index in [0.717, 1.165) is 43.6 Å². The van der Waals surface area contributed by atoms with Crippen LogP contribution >= 0.6 is 0 Å². The lowest BCUT2D eigenvalue weighted by molar-refractivity contribution is -0.195. The van der Waals surface area contributed by atoms with Gasteiger partial charge < -0.3 is 9.47 Å². The highest BCUT2D eigenvalue weighted by Crippen LogP contribution is 2.71. The summed E-state index contributed by atoms with van der Waals surface area (Å²) >= 11 is 0. The third kappa shape index (κ3) is 3.01. The third-order valence-corrected chi connectivity index (χ3v) is 11.0. The van der Waals surface area contributed by atoms with Gasteiger partial charge in [0, 0.05) is 18.4 Å². The van der Waals surface area contributed by atoms with Crippen LogP contribution in [0.3, 0.4) is 0 Å². The zero-order valence-electron chi connectivity index (χ0n) is 19.5. The van der Waals surface area contributed by atoms with Crippen LogP contribution in [0.2, 0.25) is 0 Å². The van der Waals surface area contributed by atoms with E-state index >= 15 is 0 Å². The fourth-order valence-corrected chi connectivity index (χ4v) is 9.19. The van der Waals surface area contributed by atoms with E-state index < -0.39 is 0 Å². The summed E-state index contributed by atoms with van der Waals surface area (Å²) in [4.78, 5) is 12.2. The summed E-state index contributed by atoms with van der Waals surface area (Å²) in [5, 5.41) is 0. The maximum Gasteiger partial charge on any atom is 0.157 e. The Balaban J connectivity index is 1.21. The van der Waals surface area contributed by atoms with Crippen LogP contribution in [-0.2, 0) is 14.3 Å². The number of hydrogen-bond donors (Lipinski definition) is 0. The van der Waals surface area contributed by atoms with Crippen molar-refractivity contribution in [1.82, 2.24) is 0 Å². The second-order valence-corrected chi connectivity index (χ2v) is 12.2. The minimum atomic E-state index is 0.0345. The second kappa shape index (κ2) is 7.29. The summed E-state index contributed by atoms with van der Waals surface area (Å²) in [5.74, 6) is 2.76. The van der Waals surface area contributed by atoms with Crippen molar-refractivity contribution in [2.75, 3.05) is 6.61 Å². The quantitative estimate of drug-likeness (QED) is 0.483. The van der Waals surface area contributed by atoms with Crippen LogP contribution in [0.25, 0.3) is 0 Å². The zero-order valence-corrected chi connectivity index (χ0v) is 19.5. The number of hydrogen-bond acceptors (Lipinski definition) is 3. The van der Waals surface area contributed by atoms with Crippen LogP contribution in [0.15, 0.2) is 23.8 Å². The molecule has 31 heavy (non-hydrogen) atoms. The first-order valence-corrected chi connectivity index (χ1v) is 13.1. The van der Waals surface area contributed by atoms with Crippen molar-refractivity contribution in [1.29, 1.82) is 0 Å². The van der Waals surface area contributed by atoms with Crippen LogP contribution in [0.5, 0.6) is 0 Å². The third-order valence-electron chi connectivity index (χ3n) is 11.0. The molecule has 6 aliphatic rings. The number of rotatable bonds is 2. The molecule has 0 amide bonds. The fraction of sp³-hybridized carbons (Fsp3) is 0.821. The van der Waals surface area contributed by atoms with E-state index in [4.69, 9.17) is 9.47 Å². The van der Waals surface area contributed by atoms with E-state index in [0.29, 0.717) is 22.7 Å². The van der Waals surface area contributed by atoms with Crippen molar-refractivity contribution in [2.45, 2.75) is 103 Å². The van der Waals surface area contributed by atoms with Crippen LogP contribution in [0, 0.1) is 34.0 Å². The lowest BCUT2D eigenvalue weighted by Gasteiger charge is -2.59. The van der Waals surface area contributed by atoms with E-state index in [1.165, 1.54) is 57.8 Å². The number of ether oxygens (including phenoxy) is 2. The Bertz CT molecular complexity index is 807. The standard InChI is InChI=1S/C28H40O3/c1-26-12-9-21(31-25-5-3-4-16-30-25)17-19(26)6-7-22-23(26)10-13-27(2)24(22)11-15-28(27)14-8-20(29)18-28/h6,8,14,21-25H,3-5,7,9-13,15-18H2,1-2H3/t21-,22?,23?,24?,25?,26-,27-,28+/m0/s1. The molecule has 1 heterocycles. The molecule has 5 aliphatic carbocycles. The Morgan fingerprint density at radius 2 is 1.90 bits per heavy atom. The maximum atomic E-state index is 12.2. The van der Waals surface area contributed by atoms with Crippen LogP contribution in [-0.4, -0.2) is 24.8 Å². The Morgan fingerprint density at radius 3 is 2.68 bits per heavy atom. The molecule has 3 heteroatoms. The molecule has 0 aromatic heterocycles. The van der Waals surface area contributed by atoms with Gasteiger partial charge in [0.15, 0.2) is 12.1 Å². The SMILES string of the molecule is C[C@]12CC[C@H](OC3CCCCO3)CC1=CCC1C2CC[C@@]2(C)C1CC[C@@]21C=CC(=O)C1. The van der Waals surface area contributed by atoms with Gasteiger partial charge >= 0.3 is 0 Å². The van der Waals surface area contributed by atoms with Gasteiger partial charge in [-0.2, -0.15) is 0 Å². The Kier molecular flexibility index (Phi) is 4.86. The first kappa shape index (κ1) is 20.7. The van der Waals surface area contributed by atoms with Crippen molar-refractivity contribution in [3.05, 3.63) is 23.8 Å². The molecular formula is C28H40O3. The highest BCUT2D eigenvalue weighted by atomic mass is 16.7. The Morgan fingerprint density at radius 1 is 1.03 bits per heavy atom. The molecule has 0 N–H and O–H groups in total. The molecule has 4 unspecified atom stereocenters. The highest BCUT2D eigenvalue weighted by molar-refractivity contribution is 5.93. The van der Waals surface area contributed by atoms with Crippen molar-refractivity contribution < 1.29 is 14.3 Å². The van der Waals surface area contributed by atoms with Gasteiger partial charge in [-0.15, -0.1) is 0 Å². The van der Waals surface area contributed by atoms with Gasteiger partial charge in [0.25, 0.3) is 0 Å². The molecule has 3 nitrogen and oxygen atoms in total. The number of carbonyl (C=O) groups is 1. The number of carbonyl (C=O) groups excluding carboxylic acids is 1. The van der Waals surface area contributed by atoms with E-state index in [1.807, 2.05) is 6.08 Å². The molecule has 1 aliphatic heterocycles. The zero-order chi connectivity index (χ0) is 21.3. The van der Waals surface area contributed by atoms with Gasteiger partial charge in [0.05, 0.1) is 6.10 Å². The molecule has 0 bridgehead atoms. The summed E-state index contributed by atoms with van der Waals surface area (Å²) in [7, 11) is 0. The summed E-state index contributed by atoms with van der Waals surface area (Å²) in [6.45, 7) is 5.99. The fourth-order valence-electron chi connectivity index (χ4n) is 9.19. The van der Waals surface area contributed by atoms with Crippen molar-refractivity contribution in [2.24, 2.45) is 34.0 Å². The summed E-state index contributed by atoms with van der Waals surface area (Å²) in [6.07, 6.45) is 21.5. The maximum absolute atomic E-state index is 12.2. The predicted octanol–water partition coefficient (Wildman–Crippen LogP) is 6.38. The van der Waals surface area contributed by atoms with Crippen LogP contribution < -0.4 is 0 Å². The van der Waals surface area contributed by atoms with Gasteiger partial charge in [-0.1, -0.05) is 31.6 Å². The minimum Gasteiger partial charge on any atom is -0.353 e. The molecule has 6 rings (SSSR count). The lowest BCUT2D eigenvalue weighted by Crippen LogP contribution is -2.52. The minimum absolute atomic E-state index is 0.0345. The predicted molar refractivity (Wildman–Crippen MR) is 121 cm³/mol. The first-order chi connectivity index (χ1) is 14.9. The summed E-state index contributed by atoms with van der Waals surface area (Å²) < 4.78 is 12.3. The van der Waals surface area contributed by atoms with Crippen molar-refractivity contribution >= 4 is 5.78 Å². The number of fused-ring (bicyclic) bond motifs is 6. The lowest BCUT2D eigenvalue weighted by atomic mass is 9.45. The molecule has 0 aromatic rings.